The molecule has 1 aliphatic heterocycles. The van der Waals surface area contributed by atoms with Gasteiger partial charge >= 0.3 is 17.9 Å². The van der Waals surface area contributed by atoms with Crippen molar-refractivity contribution in [2.24, 2.45) is 5.92 Å². The number of esters is 3. The van der Waals surface area contributed by atoms with Crippen molar-refractivity contribution in [3.63, 3.8) is 0 Å². The van der Waals surface area contributed by atoms with E-state index in [1.807, 2.05) is 24.3 Å². The Morgan fingerprint density at radius 3 is 2.14 bits per heavy atom. The lowest BCUT2D eigenvalue weighted by atomic mass is 9.77. The molecule has 0 radical (unpaired) electrons. The summed E-state index contributed by atoms with van der Waals surface area (Å²) in [6.07, 6.45) is 3.59. The monoisotopic (exact) mass is 497 g/mol. The van der Waals surface area contributed by atoms with E-state index >= 15 is 0 Å². The molecule has 1 aromatic carbocycles. The van der Waals surface area contributed by atoms with Crippen molar-refractivity contribution >= 4 is 24.0 Å². The van der Waals surface area contributed by atoms with Crippen LogP contribution >= 0.6 is 0 Å². The summed E-state index contributed by atoms with van der Waals surface area (Å²) in [7, 11) is 0. The third kappa shape index (κ3) is 7.57. The third-order valence-electron chi connectivity index (χ3n) is 5.36. The highest BCUT2D eigenvalue weighted by molar-refractivity contribution is 6.00. The molecule has 0 spiro atoms. The van der Waals surface area contributed by atoms with Crippen molar-refractivity contribution < 1.29 is 28.6 Å². The van der Waals surface area contributed by atoms with E-state index in [0.717, 1.165) is 0 Å². The summed E-state index contributed by atoms with van der Waals surface area (Å²) in [5, 5.41) is 3.29. The van der Waals surface area contributed by atoms with Crippen molar-refractivity contribution in [2.45, 2.75) is 73.3 Å². The molecule has 196 valence electrons. The number of allylic oxidation sites excluding steroid dienone is 2. The number of ether oxygens (including phenoxy) is 3. The molecular formula is C29H39NO6. The van der Waals surface area contributed by atoms with Gasteiger partial charge in [0.1, 0.15) is 5.60 Å². The van der Waals surface area contributed by atoms with Crippen molar-refractivity contribution in [3.05, 3.63) is 64.0 Å². The highest BCUT2D eigenvalue weighted by Crippen LogP contribution is 2.42. The van der Waals surface area contributed by atoms with E-state index < -0.39 is 29.4 Å². The third-order valence-corrected chi connectivity index (χ3v) is 5.36. The SMILES string of the molecule is CCOC(=O)C1=C(C)NC(CC(C)C)=C(C(=O)OCC)C1c1ccccc1/C=C/C(=O)OC(C)(C)C. The predicted molar refractivity (Wildman–Crippen MR) is 140 cm³/mol. The first-order chi connectivity index (χ1) is 16.9. The molecule has 2 rings (SSSR count). The number of carbonyl (C=O) groups is 3. The zero-order valence-corrected chi connectivity index (χ0v) is 22.7. The van der Waals surface area contributed by atoms with Crippen molar-refractivity contribution in [3.8, 4) is 0 Å². The second kappa shape index (κ2) is 12.6. The highest BCUT2D eigenvalue weighted by atomic mass is 16.6. The van der Waals surface area contributed by atoms with Gasteiger partial charge in [0.2, 0.25) is 0 Å². The zero-order chi connectivity index (χ0) is 27.0. The largest absolute Gasteiger partial charge is 0.463 e. The average molecular weight is 498 g/mol. The van der Waals surface area contributed by atoms with Crippen LogP contribution in [0.4, 0.5) is 0 Å². The van der Waals surface area contributed by atoms with E-state index in [1.165, 1.54) is 6.08 Å². The van der Waals surface area contributed by atoms with Gasteiger partial charge in [-0.1, -0.05) is 38.1 Å². The summed E-state index contributed by atoms with van der Waals surface area (Å²) in [5.74, 6) is -1.98. The first kappa shape index (κ1) is 28.9. The molecule has 0 aromatic heterocycles. The fraction of sp³-hybridized carbons (Fsp3) is 0.483. The fourth-order valence-electron chi connectivity index (χ4n) is 4.13. The van der Waals surface area contributed by atoms with E-state index in [1.54, 1.807) is 47.6 Å². The number of nitrogens with one attached hydrogen (secondary N) is 1. The molecule has 0 fully saturated rings. The lowest BCUT2D eigenvalue weighted by Crippen LogP contribution is -2.34. The summed E-state index contributed by atoms with van der Waals surface area (Å²) < 4.78 is 16.3. The van der Waals surface area contributed by atoms with Crippen LogP contribution < -0.4 is 5.32 Å². The number of hydrogen-bond acceptors (Lipinski definition) is 7. The van der Waals surface area contributed by atoms with Crippen molar-refractivity contribution in [1.29, 1.82) is 0 Å². The lowest BCUT2D eigenvalue weighted by Gasteiger charge is -2.33. The minimum atomic E-state index is -0.738. The lowest BCUT2D eigenvalue weighted by molar-refractivity contribution is -0.148. The molecule has 0 amide bonds. The van der Waals surface area contributed by atoms with E-state index in [0.29, 0.717) is 40.1 Å². The highest BCUT2D eigenvalue weighted by Gasteiger charge is 2.39. The summed E-state index contributed by atoms with van der Waals surface area (Å²) in [6, 6.07) is 7.36. The Morgan fingerprint density at radius 1 is 1.00 bits per heavy atom. The number of dihydropyridines is 1. The topological polar surface area (TPSA) is 90.9 Å². The molecule has 1 aliphatic rings. The van der Waals surface area contributed by atoms with Gasteiger partial charge in [0.25, 0.3) is 0 Å². The van der Waals surface area contributed by atoms with E-state index in [-0.39, 0.29) is 19.1 Å². The molecule has 7 nitrogen and oxygen atoms in total. The molecule has 0 bridgehead atoms. The first-order valence-corrected chi connectivity index (χ1v) is 12.4. The standard InChI is InChI=1S/C29H39NO6/c1-9-34-27(32)24-19(5)30-22(17-18(3)4)26(28(33)35-10-2)25(24)21-14-12-11-13-20(21)15-16-23(31)36-29(6,7)8/h11-16,18,25,30H,9-10,17H2,1-8H3/b16-15+. The van der Waals surface area contributed by atoms with Crippen LogP contribution in [-0.2, 0) is 28.6 Å². The van der Waals surface area contributed by atoms with Crippen LogP contribution in [0.3, 0.4) is 0 Å². The van der Waals surface area contributed by atoms with Gasteiger partial charge in [-0.15, -0.1) is 0 Å². The normalized spacial score (nSPS) is 16.3. The molecular weight excluding hydrogens is 458 g/mol. The Bertz CT molecular complexity index is 1070. The minimum absolute atomic E-state index is 0.194. The second-order valence-corrected chi connectivity index (χ2v) is 10.0. The summed E-state index contributed by atoms with van der Waals surface area (Å²) in [4.78, 5) is 38.9. The Morgan fingerprint density at radius 2 is 1.58 bits per heavy atom. The molecule has 1 atom stereocenters. The Hall–Kier alpha value is -3.35. The van der Waals surface area contributed by atoms with Gasteiger partial charge in [0.15, 0.2) is 0 Å². The summed E-state index contributed by atoms with van der Waals surface area (Å²) >= 11 is 0. The van der Waals surface area contributed by atoms with Crippen LogP contribution in [0, 0.1) is 5.92 Å². The summed E-state index contributed by atoms with van der Waals surface area (Å²) in [6.45, 7) is 15.2. The van der Waals surface area contributed by atoms with E-state index in [2.05, 4.69) is 19.2 Å². The Labute approximate surface area is 214 Å². The van der Waals surface area contributed by atoms with Crippen LogP contribution in [0.5, 0.6) is 0 Å². The van der Waals surface area contributed by atoms with E-state index in [4.69, 9.17) is 14.2 Å². The number of rotatable bonds is 9. The molecule has 0 saturated heterocycles. The smallest absolute Gasteiger partial charge is 0.336 e. The maximum Gasteiger partial charge on any atom is 0.336 e. The number of carbonyl (C=O) groups excluding carboxylic acids is 3. The fourth-order valence-corrected chi connectivity index (χ4v) is 4.13. The van der Waals surface area contributed by atoms with Gasteiger partial charge in [0.05, 0.1) is 30.3 Å². The Balaban J connectivity index is 2.75. The summed E-state index contributed by atoms with van der Waals surface area (Å²) in [5.41, 5.74) is 2.78. The van der Waals surface area contributed by atoms with Gasteiger partial charge in [-0.2, -0.15) is 0 Å². The maximum atomic E-state index is 13.4. The zero-order valence-electron chi connectivity index (χ0n) is 22.7. The quantitative estimate of drug-likeness (QED) is 0.276. The van der Waals surface area contributed by atoms with Gasteiger partial charge in [-0.05, 0) is 71.1 Å². The Kier molecular flexibility index (Phi) is 10.1. The van der Waals surface area contributed by atoms with Crippen LogP contribution in [0.15, 0.2) is 52.9 Å². The molecule has 36 heavy (non-hydrogen) atoms. The first-order valence-electron chi connectivity index (χ1n) is 12.4. The predicted octanol–water partition coefficient (Wildman–Crippen LogP) is 5.43. The van der Waals surface area contributed by atoms with Crippen LogP contribution in [0.25, 0.3) is 6.08 Å². The average Bonchev–Trinajstić information content (AvgIpc) is 2.76. The van der Waals surface area contributed by atoms with Crippen LogP contribution in [-0.4, -0.2) is 36.7 Å². The van der Waals surface area contributed by atoms with Crippen LogP contribution in [0.1, 0.15) is 78.9 Å². The molecule has 7 heteroatoms. The van der Waals surface area contributed by atoms with Crippen molar-refractivity contribution in [2.75, 3.05) is 13.2 Å². The molecule has 1 N–H and O–H groups in total. The molecule has 1 heterocycles. The minimum Gasteiger partial charge on any atom is -0.463 e. The molecule has 1 aromatic rings. The van der Waals surface area contributed by atoms with Gasteiger partial charge in [-0.3, -0.25) is 0 Å². The number of hydrogen-bond donors (Lipinski definition) is 1. The van der Waals surface area contributed by atoms with Gasteiger partial charge in [0, 0.05) is 17.5 Å². The molecule has 0 saturated carbocycles. The maximum absolute atomic E-state index is 13.4. The van der Waals surface area contributed by atoms with E-state index in [9.17, 15) is 14.4 Å². The second-order valence-electron chi connectivity index (χ2n) is 10.0. The van der Waals surface area contributed by atoms with Crippen molar-refractivity contribution in [1.82, 2.24) is 5.32 Å². The van der Waals surface area contributed by atoms with Crippen LogP contribution in [0.2, 0.25) is 0 Å². The number of benzene rings is 1. The van der Waals surface area contributed by atoms with Gasteiger partial charge < -0.3 is 19.5 Å². The molecule has 0 aliphatic carbocycles. The van der Waals surface area contributed by atoms with Gasteiger partial charge in [-0.25, -0.2) is 14.4 Å². The molecule has 1 unspecified atom stereocenters.